The maximum absolute atomic E-state index is 11.9. The predicted octanol–water partition coefficient (Wildman–Crippen LogP) is 4.09. The third-order valence-electron chi connectivity index (χ3n) is 2.77. The number of hydrogen-bond donors (Lipinski definition) is 1. The number of nitrogens with two attached hydrogens (primary N) is 1. The average Bonchev–Trinajstić information content (AvgIpc) is 2.68. The van der Waals surface area contributed by atoms with Gasteiger partial charge in [0.2, 0.25) is 0 Å². The quantitative estimate of drug-likeness (QED) is 0.638. The highest BCUT2D eigenvalue weighted by atomic mass is 127. The molecule has 19 heavy (non-hydrogen) atoms. The van der Waals surface area contributed by atoms with E-state index in [1.54, 1.807) is 6.92 Å². The topological polar surface area (TPSA) is 52.3 Å². The van der Waals surface area contributed by atoms with E-state index >= 15 is 0 Å². The Labute approximate surface area is 129 Å². The molecule has 100 valence electrons. The van der Waals surface area contributed by atoms with E-state index in [1.165, 1.54) is 11.3 Å². The van der Waals surface area contributed by atoms with Gasteiger partial charge in [-0.3, -0.25) is 0 Å². The second-order valence-corrected chi connectivity index (χ2v) is 6.18. The predicted molar refractivity (Wildman–Crippen MR) is 87.6 cm³/mol. The molecule has 0 spiro atoms. The normalized spacial score (nSPS) is 10.5. The number of rotatable bonds is 3. The standard InChI is InChI=1S/C14H14INO2S/c1-3-18-14(17)13-11(16)8(2)12(19-13)9-6-4-5-7-10(9)15/h4-7H,3,16H2,1-2H3. The van der Waals surface area contributed by atoms with Crippen LogP contribution in [0, 0.1) is 10.5 Å². The Hall–Kier alpha value is -1.08. The molecule has 3 nitrogen and oxygen atoms in total. The Kier molecular flexibility index (Phi) is 4.46. The lowest BCUT2D eigenvalue weighted by atomic mass is 10.1. The Bertz CT molecular complexity index is 622. The van der Waals surface area contributed by atoms with E-state index in [0.29, 0.717) is 17.2 Å². The number of esters is 1. The van der Waals surface area contributed by atoms with E-state index in [4.69, 9.17) is 10.5 Å². The molecule has 0 amide bonds. The molecule has 0 saturated carbocycles. The maximum atomic E-state index is 11.9. The van der Waals surface area contributed by atoms with Gasteiger partial charge in [-0.05, 0) is 48.1 Å². The van der Waals surface area contributed by atoms with Crippen LogP contribution in [0.4, 0.5) is 5.69 Å². The fraction of sp³-hybridized carbons (Fsp3) is 0.214. The number of benzene rings is 1. The van der Waals surface area contributed by atoms with Crippen molar-refractivity contribution in [2.75, 3.05) is 12.3 Å². The van der Waals surface area contributed by atoms with Crippen LogP contribution in [0.3, 0.4) is 0 Å². The molecule has 0 aliphatic rings. The van der Waals surface area contributed by atoms with Crippen LogP contribution in [-0.2, 0) is 4.74 Å². The number of thiophene rings is 1. The summed E-state index contributed by atoms with van der Waals surface area (Å²) < 4.78 is 6.17. The Balaban J connectivity index is 2.52. The van der Waals surface area contributed by atoms with Crippen LogP contribution in [0.2, 0.25) is 0 Å². The van der Waals surface area contributed by atoms with Crippen LogP contribution < -0.4 is 5.73 Å². The molecule has 0 radical (unpaired) electrons. The lowest BCUT2D eigenvalue weighted by molar-refractivity contribution is 0.0533. The minimum Gasteiger partial charge on any atom is -0.462 e. The van der Waals surface area contributed by atoms with Crippen molar-refractivity contribution in [1.29, 1.82) is 0 Å². The van der Waals surface area contributed by atoms with Gasteiger partial charge < -0.3 is 10.5 Å². The van der Waals surface area contributed by atoms with E-state index in [-0.39, 0.29) is 5.97 Å². The van der Waals surface area contributed by atoms with Gasteiger partial charge in [0.25, 0.3) is 0 Å². The van der Waals surface area contributed by atoms with E-state index < -0.39 is 0 Å². The minimum absolute atomic E-state index is 0.342. The van der Waals surface area contributed by atoms with E-state index in [9.17, 15) is 4.79 Å². The summed E-state index contributed by atoms with van der Waals surface area (Å²) in [6.45, 7) is 4.08. The molecule has 0 aliphatic carbocycles. The van der Waals surface area contributed by atoms with E-state index in [0.717, 1.165) is 19.6 Å². The Morgan fingerprint density at radius 3 is 2.74 bits per heavy atom. The molecular weight excluding hydrogens is 373 g/mol. The maximum Gasteiger partial charge on any atom is 0.350 e. The second-order valence-electron chi connectivity index (χ2n) is 4.00. The second kappa shape index (κ2) is 5.92. The van der Waals surface area contributed by atoms with E-state index in [1.807, 2.05) is 31.2 Å². The molecule has 2 rings (SSSR count). The molecule has 0 atom stereocenters. The molecule has 2 aromatic rings. The largest absolute Gasteiger partial charge is 0.462 e. The lowest BCUT2D eigenvalue weighted by Gasteiger charge is -2.02. The number of halogens is 1. The molecule has 0 unspecified atom stereocenters. The smallest absolute Gasteiger partial charge is 0.350 e. The molecule has 1 heterocycles. The van der Waals surface area contributed by atoms with Crippen LogP contribution in [0.25, 0.3) is 10.4 Å². The Morgan fingerprint density at radius 2 is 2.11 bits per heavy atom. The summed E-state index contributed by atoms with van der Waals surface area (Å²) in [5, 5.41) is 0. The first-order chi connectivity index (χ1) is 9.06. The van der Waals surface area contributed by atoms with Crippen LogP contribution in [0.5, 0.6) is 0 Å². The summed E-state index contributed by atoms with van der Waals surface area (Å²) in [7, 11) is 0. The molecule has 1 aromatic carbocycles. The van der Waals surface area contributed by atoms with Gasteiger partial charge in [0.1, 0.15) is 4.88 Å². The van der Waals surface area contributed by atoms with Crippen LogP contribution in [-0.4, -0.2) is 12.6 Å². The number of hydrogen-bond acceptors (Lipinski definition) is 4. The highest BCUT2D eigenvalue weighted by Gasteiger charge is 2.21. The summed E-state index contributed by atoms with van der Waals surface area (Å²) in [5.74, 6) is -0.342. The van der Waals surface area contributed by atoms with Gasteiger partial charge >= 0.3 is 5.97 Å². The van der Waals surface area contributed by atoms with Crippen molar-refractivity contribution in [3.8, 4) is 10.4 Å². The average molecular weight is 387 g/mol. The highest BCUT2D eigenvalue weighted by Crippen LogP contribution is 2.40. The summed E-state index contributed by atoms with van der Waals surface area (Å²) >= 11 is 3.68. The molecule has 0 saturated heterocycles. The summed E-state index contributed by atoms with van der Waals surface area (Å²) in [5.41, 5.74) is 8.60. The third-order valence-corrected chi connectivity index (χ3v) is 5.03. The number of anilines is 1. The van der Waals surface area contributed by atoms with Gasteiger partial charge in [0, 0.05) is 14.0 Å². The van der Waals surface area contributed by atoms with Gasteiger partial charge in [-0.1, -0.05) is 18.2 Å². The van der Waals surface area contributed by atoms with Gasteiger partial charge in [-0.25, -0.2) is 4.79 Å². The van der Waals surface area contributed by atoms with Crippen LogP contribution >= 0.6 is 33.9 Å². The number of ether oxygens (including phenoxy) is 1. The van der Waals surface area contributed by atoms with Gasteiger partial charge in [-0.15, -0.1) is 11.3 Å². The van der Waals surface area contributed by atoms with Crippen LogP contribution in [0.15, 0.2) is 24.3 Å². The Morgan fingerprint density at radius 1 is 1.42 bits per heavy atom. The zero-order valence-corrected chi connectivity index (χ0v) is 13.7. The first kappa shape index (κ1) is 14.3. The molecule has 5 heteroatoms. The first-order valence-electron chi connectivity index (χ1n) is 5.87. The highest BCUT2D eigenvalue weighted by molar-refractivity contribution is 14.1. The number of nitrogen functional groups attached to an aromatic ring is 1. The summed E-state index contributed by atoms with van der Waals surface area (Å²) in [6, 6.07) is 8.05. The minimum atomic E-state index is -0.342. The van der Waals surface area contributed by atoms with Gasteiger partial charge in [-0.2, -0.15) is 0 Å². The zero-order valence-electron chi connectivity index (χ0n) is 10.7. The molecule has 0 fully saturated rings. The number of carbonyl (C=O) groups excluding carboxylic acids is 1. The summed E-state index contributed by atoms with van der Waals surface area (Å²) in [4.78, 5) is 13.4. The zero-order chi connectivity index (χ0) is 14.0. The van der Waals surface area contributed by atoms with Crippen molar-refractivity contribution in [2.24, 2.45) is 0 Å². The van der Waals surface area contributed by atoms with Gasteiger partial charge in [0.15, 0.2) is 0 Å². The van der Waals surface area contributed by atoms with Crippen molar-refractivity contribution in [1.82, 2.24) is 0 Å². The van der Waals surface area contributed by atoms with Crippen molar-refractivity contribution in [3.63, 3.8) is 0 Å². The van der Waals surface area contributed by atoms with Crippen molar-refractivity contribution >= 4 is 45.6 Å². The molecular formula is C14H14INO2S. The fourth-order valence-corrected chi connectivity index (χ4v) is 3.78. The summed E-state index contributed by atoms with van der Waals surface area (Å²) in [6.07, 6.45) is 0. The van der Waals surface area contributed by atoms with E-state index in [2.05, 4.69) is 22.6 Å². The molecule has 0 bridgehead atoms. The fourth-order valence-electron chi connectivity index (χ4n) is 1.78. The monoisotopic (exact) mass is 387 g/mol. The van der Waals surface area contributed by atoms with Crippen LogP contribution in [0.1, 0.15) is 22.2 Å². The number of carbonyl (C=O) groups is 1. The lowest BCUT2D eigenvalue weighted by Crippen LogP contribution is -2.05. The van der Waals surface area contributed by atoms with Crippen molar-refractivity contribution < 1.29 is 9.53 Å². The van der Waals surface area contributed by atoms with Crippen molar-refractivity contribution in [3.05, 3.63) is 38.3 Å². The van der Waals surface area contributed by atoms with Gasteiger partial charge in [0.05, 0.1) is 12.3 Å². The van der Waals surface area contributed by atoms with Crippen molar-refractivity contribution in [2.45, 2.75) is 13.8 Å². The molecule has 2 N–H and O–H groups in total. The SMILES string of the molecule is CCOC(=O)c1sc(-c2ccccc2I)c(C)c1N. The molecule has 0 aliphatic heterocycles. The molecule has 1 aromatic heterocycles. The third kappa shape index (κ3) is 2.76. The first-order valence-corrected chi connectivity index (χ1v) is 7.76.